The zero-order valence-electron chi connectivity index (χ0n) is 12.9. The monoisotopic (exact) mass is 306 g/mol. The topological polar surface area (TPSA) is 51.0 Å². The summed E-state index contributed by atoms with van der Waals surface area (Å²) < 4.78 is 1.80. The summed E-state index contributed by atoms with van der Waals surface area (Å²) in [6.45, 7) is 5.79. The molecule has 0 fully saturated rings. The van der Waals surface area contributed by atoms with Crippen molar-refractivity contribution in [3.05, 3.63) is 40.3 Å². The van der Waals surface area contributed by atoms with Gasteiger partial charge in [0, 0.05) is 31.5 Å². The van der Waals surface area contributed by atoms with Gasteiger partial charge in [0.15, 0.2) is 0 Å². The summed E-state index contributed by atoms with van der Waals surface area (Å²) >= 11 is 5.82. The first-order chi connectivity index (χ1) is 9.82. The summed E-state index contributed by atoms with van der Waals surface area (Å²) in [6.07, 6.45) is 1.53. The van der Waals surface area contributed by atoms with Crippen LogP contribution >= 0.6 is 11.6 Å². The highest BCUT2D eigenvalue weighted by molar-refractivity contribution is 6.30. The Morgan fingerprint density at radius 2 is 2.05 bits per heavy atom. The van der Waals surface area contributed by atoms with Crippen LogP contribution in [0.5, 0.6) is 0 Å². The zero-order chi connectivity index (χ0) is 15.7. The Balaban J connectivity index is 2.28. The Morgan fingerprint density at radius 1 is 1.38 bits per heavy atom. The summed E-state index contributed by atoms with van der Waals surface area (Å²) in [4.78, 5) is 18.4. The van der Waals surface area contributed by atoms with Crippen LogP contribution in [0.1, 0.15) is 29.8 Å². The first-order valence-corrected chi connectivity index (χ1v) is 7.10. The van der Waals surface area contributed by atoms with Gasteiger partial charge >= 0.3 is 0 Å². The fraction of sp³-hybridized carbons (Fsp3) is 0.400. The lowest BCUT2D eigenvalue weighted by Crippen LogP contribution is -2.31. The molecule has 0 saturated carbocycles. The molecule has 0 bridgehead atoms. The largest absolute Gasteiger partial charge is 0.299 e. The van der Waals surface area contributed by atoms with Crippen LogP contribution in [0.2, 0.25) is 5.02 Å². The molecule has 0 aliphatic heterocycles. The number of hydrogen-bond donors (Lipinski definition) is 0. The number of aryl methyl sites for hydroxylation is 2. The van der Waals surface area contributed by atoms with Crippen LogP contribution in [-0.2, 0) is 11.8 Å². The van der Waals surface area contributed by atoms with Crippen LogP contribution in [0, 0.1) is 13.8 Å². The minimum atomic E-state index is -0.277. The van der Waals surface area contributed by atoms with Gasteiger partial charge in [-0.25, -0.2) is 4.98 Å². The standard InChI is InChI=1S/C15H19ClN4O/c1-9(14-10(2)18-20(5)11(14)3)15(21)19(4)13-7-6-12(16)8-17-13/h6-9H,1-5H3. The molecule has 112 valence electrons. The van der Waals surface area contributed by atoms with Crippen LogP contribution in [0.3, 0.4) is 0 Å². The van der Waals surface area contributed by atoms with E-state index in [2.05, 4.69) is 10.1 Å². The van der Waals surface area contributed by atoms with Crippen molar-refractivity contribution >= 4 is 23.3 Å². The molecule has 0 spiro atoms. The number of halogens is 1. The maximum atomic E-state index is 12.7. The summed E-state index contributed by atoms with van der Waals surface area (Å²) in [5.41, 5.74) is 2.86. The number of carbonyl (C=O) groups excluding carboxylic acids is 1. The SMILES string of the molecule is Cc1nn(C)c(C)c1C(C)C(=O)N(C)c1ccc(Cl)cn1. The first-order valence-electron chi connectivity index (χ1n) is 6.72. The molecule has 2 aromatic rings. The Bertz CT molecular complexity index is 663. The average molecular weight is 307 g/mol. The average Bonchev–Trinajstić information content (AvgIpc) is 2.70. The van der Waals surface area contributed by atoms with Crippen molar-refractivity contribution < 1.29 is 4.79 Å². The van der Waals surface area contributed by atoms with Gasteiger partial charge < -0.3 is 0 Å². The molecule has 6 heteroatoms. The number of anilines is 1. The summed E-state index contributed by atoms with van der Waals surface area (Å²) in [5.74, 6) is 0.278. The van der Waals surface area contributed by atoms with Crippen molar-refractivity contribution in [1.29, 1.82) is 0 Å². The number of amides is 1. The van der Waals surface area contributed by atoms with Crippen molar-refractivity contribution in [2.24, 2.45) is 7.05 Å². The zero-order valence-corrected chi connectivity index (χ0v) is 13.6. The second-order valence-electron chi connectivity index (χ2n) is 5.16. The molecule has 2 heterocycles. The molecule has 0 aliphatic carbocycles. The minimum absolute atomic E-state index is 0.0241. The molecule has 1 amide bonds. The van der Waals surface area contributed by atoms with Crippen molar-refractivity contribution in [3.8, 4) is 0 Å². The smallest absolute Gasteiger partial charge is 0.235 e. The molecule has 2 aromatic heterocycles. The highest BCUT2D eigenvalue weighted by Crippen LogP contribution is 2.26. The van der Waals surface area contributed by atoms with Gasteiger partial charge in [-0.1, -0.05) is 11.6 Å². The predicted molar refractivity (Wildman–Crippen MR) is 83.8 cm³/mol. The third-order valence-electron chi connectivity index (χ3n) is 3.75. The van der Waals surface area contributed by atoms with Crippen molar-refractivity contribution in [2.75, 3.05) is 11.9 Å². The fourth-order valence-corrected chi connectivity index (χ4v) is 2.62. The van der Waals surface area contributed by atoms with Crippen LogP contribution in [0.4, 0.5) is 5.82 Å². The van der Waals surface area contributed by atoms with Crippen LogP contribution in [0.15, 0.2) is 18.3 Å². The van der Waals surface area contributed by atoms with Gasteiger partial charge in [-0.05, 0) is 32.9 Å². The van der Waals surface area contributed by atoms with Gasteiger partial charge in [-0.2, -0.15) is 5.10 Å². The summed E-state index contributed by atoms with van der Waals surface area (Å²) in [6, 6.07) is 3.45. The molecular weight excluding hydrogens is 288 g/mol. The molecule has 21 heavy (non-hydrogen) atoms. The fourth-order valence-electron chi connectivity index (χ4n) is 2.51. The van der Waals surface area contributed by atoms with E-state index in [0.717, 1.165) is 17.0 Å². The van der Waals surface area contributed by atoms with Gasteiger partial charge in [-0.15, -0.1) is 0 Å². The molecular formula is C15H19ClN4O. The van der Waals surface area contributed by atoms with E-state index in [0.29, 0.717) is 10.8 Å². The van der Waals surface area contributed by atoms with E-state index < -0.39 is 0 Å². The molecule has 0 saturated heterocycles. The van der Waals surface area contributed by atoms with Gasteiger partial charge in [0.1, 0.15) is 5.82 Å². The van der Waals surface area contributed by atoms with Gasteiger partial charge in [0.05, 0.1) is 16.6 Å². The van der Waals surface area contributed by atoms with Crippen molar-refractivity contribution in [1.82, 2.24) is 14.8 Å². The molecule has 0 aliphatic rings. The number of likely N-dealkylation sites (N-methyl/N-ethyl adjacent to an activating group) is 1. The van der Waals surface area contributed by atoms with Crippen LogP contribution in [-0.4, -0.2) is 27.7 Å². The molecule has 0 radical (unpaired) electrons. The molecule has 1 unspecified atom stereocenters. The normalized spacial score (nSPS) is 12.3. The molecule has 1 atom stereocenters. The number of hydrogen-bond acceptors (Lipinski definition) is 3. The van der Waals surface area contributed by atoms with Crippen LogP contribution in [0.25, 0.3) is 0 Å². The second-order valence-corrected chi connectivity index (χ2v) is 5.60. The Kier molecular flexibility index (Phi) is 4.32. The Hall–Kier alpha value is -1.88. The maximum Gasteiger partial charge on any atom is 0.235 e. The van der Waals surface area contributed by atoms with Crippen molar-refractivity contribution in [2.45, 2.75) is 26.7 Å². The minimum Gasteiger partial charge on any atom is -0.299 e. The Morgan fingerprint density at radius 3 is 2.52 bits per heavy atom. The lowest BCUT2D eigenvalue weighted by atomic mass is 9.98. The molecule has 2 rings (SSSR count). The number of rotatable bonds is 3. The summed E-state index contributed by atoms with van der Waals surface area (Å²) in [5, 5.41) is 4.92. The van der Waals surface area contributed by atoms with E-state index in [1.54, 1.807) is 28.8 Å². The quantitative estimate of drug-likeness (QED) is 0.876. The van der Waals surface area contributed by atoms with Crippen LogP contribution < -0.4 is 4.90 Å². The number of nitrogens with zero attached hydrogens (tertiary/aromatic N) is 4. The second kappa shape index (κ2) is 5.85. The first kappa shape index (κ1) is 15.5. The van der Waals surface area contributed by atoms with Gasteiger partial charge in [0.25, 0.3) is 0 Å². The van der Waals surface area contributed by atoms with E-state index in [4.69, 9.17) is 11.6 Å². The number of pyridine rings is 1. The van der Waals surface area contributed by atoms with Crippen molar-refractivity contribution in [3.63, 3.8) is 0 Å². The number of aromatic nitrogens is 3. The number of carbonyl (C=O) groups is 1. The lowest BCUT2D eigenvalue weighted by molar-refractivity contribution is -0.119. The molecule has 0 aromatic carbocycles. The molecule has 0 N–H and O–H groups in total. The van der Waals surface area contributed by atoms with E-state index in [9.17, 15) is 4.79 Å². The Labute approximate surface area is 129 Å². The third kappa shape index (κ3) is 2.93. The van der Waals surface area contributed by atoms with E-state index in [1.807, 2.05) is 27.8 Å². The summed E-state index contributed by atoms with van der Waals surface area (Å²) in [7, 11) is 3.60. The van der Waals surface area contributed by atoms with E-state index in [1.165, 1.54) is 6.20 Å². The predicted octanol–water partition coefficient (Wildman–Crippen LogP) is 2.85. The molecule has 5 nitrogen and oxygen atoms in total. The van der Waals surface area contributed by atoms with E-state index in [-0.39, 0.29) is 11.8 Å². The lowest BCUT2D eigenvalue weighted by Gasteiger charge is -2.21. The highest BCUT2D eigenvalue weighted by Gasteiger charge is 2.26. The van der Waals surface area contributed by atoms with Gasteiger partial charge in [-0.3, -0.25) is 14.4 Å². The van der Waals surface area contributed by atoms with E-state index >= 15 is 0 Å². The maximum absolute atomic E-state index is 12.7. The van der Waals surface area contributed by atoms with Gasteiger partial charge in [0.2, 0.25) is 5.91 Å². The third-order valence-corrected chi connectivity index (χ3v) is 3.98. The highest BCUT2D eigenvalue weighted by atomic mass is 35.5.